The smallest absolute Gasteiger partial charge is 0.131 e. The van der Waals surface area contributed by atoms with Crippen molar-refractivity contribution in [2.24, 2.45) is 5.73 Å². The predicted molar refractivity (Wildman–Crippen MR) is 72.8 cm³/mol. The van der Waals surface area contributed by atoms with Gasteiger partial charge in [-0.1, -0.05) is 30.3 Å². The van der Waals surface area contributed by atoms with Crippen LogP contribution in [0.25, 0.3) is 21.9 Å². The van der Waals surface area contributed by atoms with E-state index in [1.807, 2.05) is 24.3 Å². The van der Waals surface area contributed by atoms with Gasteiger partial charge in [-0.2, -0.15) is 10.2 Å². The molecule has 3 rings (SSSR count). The molecule has 0 radical (unpaired) electrons. The van der Waals surface area contributed by atoms with Crippen LogP contribution in [-0.4, -0.2) is 10.2 Å². The Kier molecular flexibility index (Phi) is 2.93. The van der Waals surface area contributed by atoms with Crippen molar-refractivity contribution in [2.75, 3.05) is 0 Å². The summed E-state index contributed by atoms with van der Waals surface area (Å²) in [5.74, 6) is -0.233. The third kappa shape index (κ3) is 2.06. The quantitative estimate of drug-likeness (QED) is 0.764. The maximum Gasteiger partial charge on any atom is 0.131 e. The molecule has 0 aliphatic rings. The Morgan fingerprint density at radius 1 is 1.11 bits per heavy atom. The second-order valence-corrected chi connectivity index (χ2v) is 4.28. The topological polar surface area (TPSA) is 51.8 Å². The Bertz CT molecular complexity index is 740. The van der Waals surface area contributed by atoms with Crippen LogP contribution in [0.15, 0.2) is 48.7 Å². The van der Waals surface area contributed by atoms with Crippen LogP contribution in [0.1, 0.15) is 5.69 Å². The SMILES string of the molecule is NCc1nncc2cc(-c3ccccc3F)ccc12. The lowest BCUT2D eigenvalue weighted by Crippen LogP contribution is -2.01. The van der Waals surface area contributed by atoms with Crippen LogP contribution in [0.2, 0.25) is 0 Å². The Balaban J connectivity index is 2.20. The van der Waals surface area contributed by atoms with Crippen molar-refractivity contribution in [2.45, 2.75) is 6.54 Å². The maximum absolute atomic E-state index is 13.8. The highest BCUT2D eigenvalue weighted by Gasteiger charge is 2.07. The van der Waals surface area contributed by atoms with E-state index >= 15 is 0 Å². The summed E-state index contributed by atoms with van der Waals surface area (Å²) >= 11 is 0. The fourth-order valence-electron chi connectivity index (χ4n) is 2.16. The van der Waals surface area contributed by atoms with Crippen molar-refractivity contribution in [3.05, 3.63) is 60.2 Å². The number of nitrogens with zero attached hydrogens (tertiary/aromatic N) is 2. The van der Waals surface area contributed by atoms with Crippen LogP contribution in [0.5, 0.6) is 0 Å². The lowest BCUT2D eigenvalue weighted by Gasteiger charge is -2.06. The van der Waals surface area contributed by atoms with Gasteiger partial charge in [0, 0.05) is 22.9 Å². The molecule has 0 amide bonds. The van der Waals surface area contributed by atoms with Gasteiger partial charge in [0.05, 0.1) is 11.9 Å². The zero-order chi connectivity index (χ0) is 13.2. The van der Waals surface area contributed by atoms with Crippen LogP contribution >= 0.6 is 0 Å². The van der Waals surface area contributed by atoms with Crippen LogP contribution in [0.4, 0.5) is 4.39 Å². The number of halogens is 1. The molecule has 0 spiro atoms. The first-order valence-electron chi connectivity index (χ1n) is 5.99. The Morgan fingerprint density at radius 3 is 2.74 bits per heavy atom. The Morgan fingerprint density at radius 2 is 1.95 bits per heavy atom. The van der Waals surface area contributed by atoms with Gasteiger partial charge in [0.25, 0.3) is 0 Å². The summed E-state index contributed by atoms with van der Waals surface area (Å²) in [4.78, 5) is 0. The van der Waals surface area contributed by atoms with Gasteiger partial charge in [0.1, 0.15) is 5.82 Å². The number of aromatic nitrogens is 2. The lowest BCUT2D eigenvalue weighted by atomic mass is 10.0. The summed E-state index contributed by atoms with van der Waals surface area (Å²) in [7, 11) is 0. The number of hydrogen-bond donors (Lipinski definition) is 1. The molecule has 0 fully saturated rings. The van der Waals surface area contributed by atoms with Gasteiger partial charge in [-0.15, -0.1) is 0 Å². The summed E-state index contributed by atoms with van der Waals surface area (Å²) in [5, 5.41) is 9.78. The molecule has 0 unspecified atom stereocenters. The van der Waals surface area contributed by atoms with Crippen LogP contribution in [0.3, 0.4) is 0 Å². The first-order chi connectivity index (χ1) is 9.29. The third-order valence-corrected chi connectivity index (χ3v) is 3.12. The number of nitrogens with two attached hydrogens (primary N) is 1. The largest absolute Gasteiger partial charge is 0.325 e. The average molecular weight is 253 g/mol. The minimum absolute atomic E-state index is 0.233. The first-order valence-corrected chi connectivity index (χ1v) is 5.99. The molecule has 0 bridgehead atoms. The number of fused-ring (bicyclic) bond motifs is 1. The summed E-state index contributed by atoms with van der Waals surface area (Å²) < 4.78 is 13.8. The zero-order valence-corrected chi connectivity index (χ0v) is 10.2. The normalized spacial score (nSPS) is 10.8. The molecular weight excluding hydrogens is 241 g/mol. The molecule has 0 atom stereocenters. The molecule has 94 valence electrons. The highest BCUT2D eigenvalue weighted by molar-refractivity contribution is 5.88. The van der Waals surface area contributed by atoms with Gasteiger partial charge < -0.3 is 5.73 Å². The molecule has 1 heterocycles. The molecular formula is C15H12FN3. The van der Waals surface area contributed by atoms with Crippen LogP contribution in [0, 0.1) is 5.82 Å². The predicted octanol–water partition coefficient (Wildman–Crippen LogP) is 2.89. The summed E-state index contributed by atoms with van der Waals surface area (Å²) in [6.07, 6.45) is 1.67. The molecule has 1 aromatic heterocycles. The summed E-state index contributed by atoms with van der Waals surface area (Å²) in [6.45, 7) is 0.337. The zero-order valence-electron chi connectivity index (χ0n) is 10.2. The van der Waals surface area contributed by atoms with Gasteiger partial charge in [-0.25, -0.2) is 4.39 Å². The highest BCUT2D eigenvalue weighted by Crippen LogP contribution is 2.26. The number of hydrogen-bond acceptors (Lipinski definition) is 3. The molecule has 0 aliphatic heterocycles. The molecule has 2 aromatic carbocycles. The monoisotopic (exact) mass is 253 g/mol. The van der Waals surface area contributed by atoms with E-state index in [1.54, 1.807) is 18.3 Å². The van der Waals surface area contributed by atoms with Crippen molar-refractivity contribution in [1.82, 2.24) is 10.2 Å². The van der Waals surface area contributed by atoms with Crippen molar-refractivity contribution in [3.8, 4) is 11.1 Å². The van der Waals surface area contributed by atoms with E-state index in [-0.39, 0.29) is 5.82 Å². The molecule has 2 N–H and O–H groups in total. The van der Waals surface area contributed by atoms with Gasteiger partial charge >= 0.3 is 0 Å². The first kappa shape index (κ1) is 11.7. The van der Waals surface area contributed by atoms with E-state index in [0.29, 0.717) is 12.1 Å². The summed E-state index contributed by atoms with van der Waals surface area (Å²) in [6, 6.07) is 12.4. The molecule has 4 heteroatoms. The molecule has 3 aromatic rings. The second kappa shape index (κ2) is 4.74. The van der Waals surface area contributed by atoms with E-state index < -0.39 is 0 Å². The molecule has 0 saturated carbocycles. The lowest BCUT2D eigenvalue weighted by molar-refractivity contribution is 0.631. The maximum atomic E-state index is 13.8. The minimum Gasteiger partial charge on any atom is -0.325 e. The van der Waals surface area contributed by atoms with Gasteiger partial charge in [-0.3, -0.25) is 0 Å². The van der Waals surface area contributed by atoms with Gasteiger partial charge in [0.15, 0.2) is 0 Å². The minimum atomic E-state index is -0.233. The van der Waals surface area contributed by atoms with Gasteiger partial charge in [0.2, 0.25) is 0 Å². The average Bonchev–Trinajstić information content (AvgIpc) is 2.46. The molecule has 3 nitrogen and oxygen atoms in total. The molecule has 19 heavy (non-hydrogen) atoms. The standard InChI is InChI=1S/C15H12FN3/c16-14-4-2-1-3-12(14)10-5-6-13-11(7-10)9-18-19-15(13)8-17/h1-7,9H,8,17H2. The van der Waals surface area contributed by atoms with E-state index in [1.165, 1.54) is 6.07 Å². The Labute approximate surface area is 109 Å². The van der Waals surface area contributed by atoms with E-state index in [9.17, 15) is 4.39 Å². The fraction of sp³-hybridized carbons (Fsp3) is 0.0667. The molecule has 0 saturated heterocycles. The third-order valence-electron chi connectivity index (χ3n) is 3.12. The van der Waals surface area contributed by atoms with Gasteiger partial charge in [-0.05, 0) is 17.7 Å². The molecule has 0 aliphatic carbocycles. The number of benzene rings is 2. The fourth-order valence-corrected chi connectivity index (χ4v) is 2.16. The van der Waals surface area contributed by atoms with E-state index in [4.69, 9.17) is 5.73 Å². The van der Waals surface area contributed by atoms with Crippen molar-refractivity contribution >= 4 is 10.8 Å². The van der Waals surface area contributed by atoms with E-state index in [2.05, 4.69) is 10.2 Å². The van der Waals surface area contributed by atoms with Crippen molar-refractivity contribution in [1.29, 1.82) is 0 Å². The van der Waals surface area contributed by atoms with E-state index in [0.717, 1.165) is 22.0 Å². The van der Waals surface area contributed by atoms with Crippen molar-refractivity contribution in [3.63, 3.8) is 0 Å². The highest BCUT2D eigenvalue weighted by atomic mass is 19.1. The number of rotatable bonds is 2. The Hall–Kier alpha value is -2.33. The van der Waals surface area contributed by atoms with Crippen molar-refractivity contribution < 1.29 is 4.39 Å². The van der Waals surface area contributed by atoms with Crippen LogP contribution < -0.4 is 5.73 Å². The van der Waals surface area contributed by atoms with Crippen LogP contribution in [-0.2, 0) is 6.54 Å². The second-order valence-electron chi connectivity index (χ2n) is 4.28. The summed E-state index contributed by atoms with van der Waals surface area (Å²) in [5.41, 5.74) is 7.77.